The summed E-state index contributed by atoms with van der Waals surface area (Å²) in [4.78, 5) is 20.4. The van der Waals surface area contributed by atoms with Crippen LogP contribution in [0, 0.1) is 6.92 Å². The zero-order chi connectivity index (χ0) is 19.0. The highest BCUT2D eigenvalue weighted by molar-refractivity contribution is 9.11. The first-order valence-electron chi connectivity index (χ1n) is 8.19. The number of halogens is 2. The van der Waals surface area contributed by atoms with Crippen molar-refractivity contribution >= 4 is 71.5 Å². The van der Waals surface area contributed by atoms with Crippen molar-refractivity contribution in [3.8, 4) is 0 Å². The maximum absolute atomic E-state index is 13.3. The van der Waals surface area contributed by atoms with E-state index in [4.69, 9.17) is 16.6 Å². The Hall–Kier alpha value is -1.73. The Kier molecular flexibility index (Phi) is 5.32. The van der Waals surface area contributed by atoms with Gasteiger partial charge in [0.15, 0.2) is 5.13 Å². The van der Waals surface area contributed by atoms with Crippen molar-refractivity contribution in [1.29, 1.82) is 0 Å². The molecule has 3 nitrogen and oxygen atoms in total. The van der Waals surface area contributed by atoms with Crippen molar-refractivity contribution in [2.75, 3.05) is 4.90 Å². The molecule has 4 aromatic rings. The third-order valence-electron chi connectivity index (χ3n) is 4.13. The average molecular weight is 478 g/mol. The van der Waals surface area contributed by atoms with E-state index in [9.17, 15) is 4.79 Å². The summed E-state index contributed by atoms with van der Waals surface area (Å²) in [5.41, 5.74) is 2.94. The largest absolute Gasteiger partial charge is 0.279 e. The molecule has 2 aromatic heterocycles. The number of rotatable bonds is 4. The Morgan fingerprint density at radius 1 is 1.11 bits per heavy atom. The Balaban J connectivity index is 1.81. The number of thiazole rings is 1. The van der Waals surface area contributed by atoms with E-state index >= 15 is 0 Å². The van der Waals surface area contributed by atoms with Crippen LogP contribution in [0.2, 0.25) is 5.02 Å². The number of aryl methyl sites for hydroxylation is 1. The molecule has 4 rings (SSSR count). The predicted octanol–water partition coefficient (Wildman–Crippen LogP) is 6.93. The number of thiophene rings is 1. The molecule has 0 aliphatic heterocycles. The SMILES string of the molecule is Cc1ccc(Cl)c2sc(N(Cc3ccccc3)C(=O)c3ccc(Br)s3)nc12. The van der Waals surface area contributed by atoms with E-state index in [1.807, 2.05) is 61.5 Å². The van der Waals surface area contributed by atoms with Crippen LogP contribution >= 0.6 is 50.2 Å². The maximum atomic E-state index is 13.3. The molecule has 2 heterocycles. The highest BCUT2D eigenvalue weighted by Gasteiger charge is 2.24. The zero-order valence-electron chi connectivity index (χ0n) is 14.3. The number of benzene rings is 2. The number of fused-ring (bicyclic) bond motifs is 1. The molecule has 0 bridgehead atoms. The molecule has 1 amide bonds. The lowest BCUT2D eigenvalue weighted by molar-refractivity contribution is 0.0989. The third-order valence-corrected chi connectivity index (χ3v) is 7.28. The van der Waals surface area contributed by atoms with Crippen molar-refractivity contribution in [3.05, 3.63) is 79.4 Å². The monoisotopic (exact) mass is 476 g/mol. The van der Waals surface area contributed by atoms with E-state index in [2.05, 4.69) is 15.9 Å². The van der Waals surface area contributed by atoms with Crippen LogP contribution in [0.1, 0.15) is 20.8 Å². The second-order valence-electron chi connectivity index (χ2n) is 6.02. The highest BCUT2D eigenvalue weighted by atomic mass is 79.9. The molecule has 0 atom stereocenters. The number of anilines is 1. The topological polar surface area (TPSA) is 33.2 Å². The molecule has 136 valence electrons. The summed E-state index contributed by atoms with van der Waals surface area (Å²) in [7, 11) is 0. The van der Waals surface area contributed by atoms with E-state index < -0.39 is 0 Å². The first kappa shape index (κ1) is 18.6. The zero-order valence-corrected chi connectivity index (χ0v) is 18.3. The van der Waals surface area contributed by atoms with Gasteiger partial charge in [-0.25, -0.2) is 4.98 Å². The van der Waals surface area contributed by atoms with Gasteiger partial charge in [-0.2, -0.15) is 0 Å². The fourth-order valence-electron chi connectivity index (χ4n) is 2.76. The van der Waals surface area contributed by atoms with Crippen LogP contribution in [0.15, 0.2) is 58.4 Å². The van der Waals surface area contributed by atoms with Crippen LogP contribution in [-0.4, -0.2) is 10.9 Å². The number of hydrogen-bond acceptors (Lipinski definition) is 4. The number of amides is 1. The molecule has 0 spiro atoms. The fraction of sp³-hybridized carbons (Fsp3) is 0.100. The van der Waals surface area contributed by atoms with Crippen LogP contribution in [0.3, 0.4) is 0 Å². The first-order chi connectivity index (χ1) is 13.0. The smallest absolute Gasteiger partial charge is 0.270 e. The minimum Gasteiger partial charge on any atom is -0.279 e. The summed E-state index contributed by atoms with van der Waals surface area (Å²) in [6.45, 7) is 2.45. The molecule has 0 aliphatic rings. The lowest BCUT2D eigenvalue weighted by Crippen LogP contribution is -2.29. The second-order valence-corrected chi connectivity index (χ2v) is 9.87. The lowest BCUT2D eigenvalue weighted by atomic mass is 10.2. The number of hydrogen-bond donors (Lipinski definition) is 0. The van der Waals surface area contributed by atoms with E-state index in [-0.39, 0.29) is 5.91 Å². The first-order valence-corrected chi connectivity index (χ1v) is 11.0. The number of carbonyl (C=O) groups excluding carboxylic acids is 1. The third kappa shape index (κ3) is 3.80. The van der Waals surface area contributed by atoms with Gasteiger partial charge >= 0.3 is 0 Å². The molecule has 0 fully saturated rings. The van der Waals surface area contributed by atoms with E-state index in [1.54, 1.807) is 4.90 Å². The molecule has 0 unspecified atom stereocenters. The van der Waals surface area contributed by atoms with Crippen LogP contribution in [0.25, 0.3) is 10.2 Å². The molecule has 0 saturated heterocycles. The van der Waals surface area contributed by atoms with Crippen molar-refractivity contribution in [3.63, 3.8) is 0 Å². The standard InChI is InChI=1S/C20H14BrClN2OS2/c1-12-7-8-14(22)18-17(12)23-20(27-18)24(11-13-5-3-2-4-6-13)19(25)15-9-10-16(21)26-15/h2-10H,11H2,1H3. The minimum atomic E-state index is -0.0672. The second kappa shape index (κ2) is 7.72. The van der Waals surface area contributed by atoms with Gasteiger partial charge < -0.3 is 0 Å². The predicted molar refractivity (Wildman–Crippen MR) is 118 cm³/mol. The summed E-state index contributed by atoms with van der Waals surface area (Å²) in [5, 5.41) is 1.31. The fourth-order valence-corrected chi connectivity index (χ4v) is 5.41. The van der Waals surface area contributed by atoms with Crippen LogP contribution in [0.4, 0.5) is 5.13 Å². The summed E-state index contributed by atoms with van der Waals surface area (Å²) in [6, 6.07) is 17.5. The van der Waals surface area contributed by atoms with Crippen molar-refractivity contribution in [2.24, 2.45) is 0 Å². The lowest BCUT2D eigenvalue weighted by Gasteiger charge is -2.19. The molecule has 0 N–H and O–H groups in total. The van der Waals surface area contributed by atoms with Gasteiger partial charge in [0.05, 0.1) is 30.4 Å². The van der Waals surface area contributed by atoms with E-state index in [0.717, 1.165) is 25.1 Å². The Labute approximate surface area is 178 Å². The van der Waals surface area contributed by atoms with Crippen molar-refractivity contribution < 1.29 is 4.79 Å². The number of nitrogens with zero attached hydrogens (tertiary/aromatic N) is 2. The minimum absolute atomic E-state index is 0.0672. The van der Waals surface area contributed by atoms with Crippen molar-refractivity contribution in [1.82, 2.24) is 4.98 Å². The molecule has 27 heavy (non-hydrogen) atoms. The summed E-state index contributed by atoms with van der Waals surface area (Å²) in [5.74, 6) is -0.0672. The van der Waals surface area contributed by atoms with Gasteiger partial charge in [-0.3, -0.25) is 9.69 Å². The van der Waals surface area contributed by atoms with Gasteiger partial charge in [-0.05, 0) is 52.2 Å². The van der Waals surface area contributed by atoms with Gasteiger partial charge in [0.2, 0.25) is 0 Å². The summed E-state index contributed by atoms with van der Waals surface area (Å²) >= 11 is 12.7. The molecule has 0 radical (unpaired) electrons. The normalized spacial score (nSPS) is 11.1. The molecular weight excluding hydrogens is 464 g/mol. The van der Waals surface area contributed by atoms with Crippen molar-refractivity contribution in [2.45, 2.75) is 13.5 Å². The molecule has 2 aromatic carbocycles. The summed E-state index contributed by atoms with van der Waals surface area (Å²) < 4.78 is 1.83. The van der Waals surface area contributed by atoms with Gasteiger partial charge in [0.25, 0.3) is 5.91 Å². The molecular formula is C20H14BrClN2OS2. The van der Waals surface area contributed by atoms with Gasteiger partial charge in [-0.15, -0.1) is 11.3 Å². The number of carbonyl (C=O) groups is 1. The van der Waals surface area contributed by atoms with Gasteiger partial charge in [0.1, 0.15) is 0 Å². The number of aromatic nitrogens is 1. The van der Waals surface area contributed by atoms with Gasteiger partial charge in [0, 0.05) is 0 Å². The van der Waals surface area contributed by atoms with Crippen LogP contribution in [-0.2, 0) is 6.54 Å². The van der Waals surface area contributed by atoms with E-state index in [0.29, 0.717) is 21.6 Å². The Bertz CT molecular complexity index is 1080. The quantitative estimate of drug-likeness (QED) is 0.319. The van der Waals surface area contributed by atoms with E-state index in [1.165, 1.54) is 22.7 Å². The molecule has 0 aliphatic carbocycles. The highest BCUT2D eigenvalue weighted by Crippen LogP contribution is 2.37. The Morgan fingerprint density at radius 3 is 2.56 bits per heavy atom. The van der Waals surface area contributed by atoms with Crippen LogP contribution in [0.5, 0.6) is 0 Å². The molecule has 0 saturated carbocycles. The Morgan fingerprint density at radius 2 is 1.89 bits per heavy atom. The summed E-state index contributed by atoms with van der Waals surface area (Å²) in [6.07, 6.45) is 0. The average Bonchev–Trinajstić information content (AvgIpc) is 3.30. The maximum Gasteiger partial charge on any atom is 0.270 e. The van der Waals surface area contributed by atoms with Gasteiger partial charge in [-0.1, -0.05) is 59.3 Å². The van der Waals surface area contributed by atoms with Crippen LogP contribution < -0.4 is 4.90 Å². The molecule has 7 heteroatoms.